The molecule has 0 saturated heterocycles. The number of rotatable bonds is 4. The fourth-order valence-electron chi connectivity index (χ4n) is 2.60. The second-order valence-electron chi connectivity index (χ2n) is 5.27. The fourth-order valence-corrected chi connectivity index (χ4v) is 2.60. The number of hydrogen-bond acceptors (Lipinski definition) is 2. The summed E-state index contributed by atoms with van der Waals surface area (Å²) < 4.78 is 15.5. The van der Waals surface area contributed by atoms with Crippen LogP contribution < -0.4 is 5.73 Å². The van der Waals surface area contributed by atoms with Gasteiger partial charge in [0, 0.05) is 13.0 Å². The summed E-state index contributed by atoms with van der Waals surface area (Å²) in [5.74, 6) is 0.732. The van der Waals surface area contributed by atoms with Crippen LogP contribution in [0.5, 0.6) is 0 Å². The Bertz CT molecular complexity index is 777. The van der Waals surface area contributed by atoms with Crippen molar-refractivity contribution >= 4 is 11.0 Å². The maximum Gasteiger partial charge on any atom is 0.123 e. The lowest BCUT2D eigenvalue weighted by molar-refractivity contribution is 0.623. The van der Waals surface area contributed by atoms with Crippen LogP contribution >= 0.6 is 0 Å². The van der Waals surface area contributed by atoms with E-state index in [9.17, 15) is 4.39 Å². The summed E-state index contributed by atoms with van der Waals surface area (Å²) in [6, 6.07) is 12.9. The number of hydrogen-bond donors (Lipinski definition) is 1. The number of nitrogens with two attached hydrogens (primary N) is 1. The van der Waals surface area contributed by atoms with Gasteiger partial charge in [-0.2, -0.15) is 0 Å². The molecule has 0 aliphatic heterocycles. The minimum absolute atomic E-state index is 0.215. The molecule has 1 heterocycles. The number of aromatic nitrogens is 2. The summed E-state index contributed by atoms with van der Waals surface area (Å²) in [5, 5.41) is 0. The molecule has 0 radical (unpaired) electrons. The first-order valence-electron chi connectivity index (χ1n) is 7.07. The number of halogens is 1. The van der Waals surface area contributed by atoms with Gasteiger partial charge in [-0.3, -0.25) is 0 Å². The van der Waals surface area contributed by atoms with Crippen LogP contribution in [0, 0.1) is 12.7 Å². The van der Waals surface area contributed by atoms with E-state index in [2.05, 4.69) is 27.8 Å². The highest BCUT2D eigenvalue weighted by Gasteiger charge is 2.11. The van der Waals surface area contributed by atoms with Gasteiger partial charge in [0.2, 0.25) is 0 Å². The molecule has 0 fully saturated rings. The molecular weight excluding hydrogens is 265 g/mol. The SMILES string of the molecule is Cc1ccc2c(c1)nc(CCN)n2Cc1cccc(F)c1. The highest BCUT2D eigenvalue weighted by atomic mass is 19.1. The summed E-state index contributed by atoms with van der Waals surface area (Å²) in [7, 11) is 0. The molecule has 2 N–H and O–H groups in total. The Morgan fingerprint density at radius 2 is 2.05 bits per heavy atom. The van der Waals surface area contributed by atoms with Gasteiger partial charge in [0.1, 0.15) is 11.6 Å². The molecule has 3 aromatic rings. The van der Waals surface area contributed by atoms with Gasteiger partial charge in [0.05, 0.1) is 11.0 Å². The predicted molar refractivity (Wildman–Crippen MR) is 82.7 cm³/mol. The van der Waals surface area contributed by atoms with Crippen LogP contribution in [0.2, 0.25) is 0 Å². The molecule has 0 saturated carbocycles. The van der Waals surface area contributed by atoms with Crippen molar-refractivity contribution < 1.29 is 4.39 Å². The van der Waals surface area contributed by atoms with Crippen LogP contribution in [0.15, 0.2) is 42.5 Å². The van der Waals surface area contributed by atoms with Crippen LogP contribution in [-0.2, 0) is 13.0 Å². The van der Waals surface area contributed by atoms with Crippen LogP contribution in [0.3, 0.4) is 0 Å². The minimum Gasteiger partial charge on any atom is -0.330 e. The molecule has 0 atom stereocenters. The Morgan fingerprint density at radius 1 is 1.19 bits per heavy atom. The Hall–Kier alpha value is -2.20. The molecule has 3 rings (SSSR count). The first-order chi connectivity index (χ1) is 10.2. The summed E-state index contributed by atoms with van der Waals surface area (Å²) >= 11 is 0. The third-order valence-corrected chi connectivity index (χ3v) is 3.58. The third kappa shape index (κ3) is 2.81. The highest BCUT2D eigenvalue weighted by Crippen LogP contribution is 2.20. The second-order valence-corrected chi connectivity index (χ2v) is 5.27. The van der Waals surface area contributed by atoms with Crippen molar-refractivity contribution in [1.29, 1.82) is 0 Å². The van der Waals surface area contributed by atoms with Gasteiger partial charge < -0.3 is 10.3 Å². The summed E-state index contributed by atoms with van der Waals surface area (Å²) in [6.45, 7) is 3.20. The van der Waals surface area contributed by atoms with E-state index in [4.69, 9.17) is 5.73 Å². The molecule has 4 heteroatoms. The highest BCUT2D eigenvalue weighted by molar-refractivity contribution is 5.77. The molecule has 21 heavy (non-hydrogen) atoms. The molecular formula is C17H18FN3. The summed E-state index contributed by atoms with van der Waals surface area (Å²) in [5.41, 5.74) is 9.82. The van der Waals surface area contributed by atoms with Crippen molar-refractivity contribution in [2.75, 3.05) is 6.54 Å². The Balaban J connectivity index is 2.08. The van der Waals surface area contributed by atoms with Crippen LogP contribution in [-0.4, -0.2) is 16.1 Å². The zero-order valence-electron chi connectivity index (χ0n) is 12.0. The van der Waals surface area contributed by atoms with E-state index in [0.29, 0.717) is 19.5 Å². The lowest BCUT2D eigenvalue weighted by atomic mass is 10.2. The van der Waals surface area contributed by atoms with Crippen molar-refractivity contribution in [3.8, 4) is 0 Å². The Morgan fingerprint density at radius 3 is 2.81 bits per heavy atom. The van der Waals surface area contributed by atoms with Gasteiger partial charge in [-0.25, -0.2) is 9.37 Å². The van der Waals surface area contributed by atoms with Crippen molar-refractivity contribution in [1.82, 2.24) is 9.55 Å². The lowest BCUT2D eigenvalue weighted by Crippen LogP contribution is -2.11. The topological polar surface area (TPSA) is 43.8 Å². The quantitative estimate of drug-likeness (QED) is 0.800. The van der Waals surface area contributed by atoms with E-state index in [-0.39, 0.29) is 5.82 Å². The molecule has 0 amide bonds. The molecule has 0 spiro atoms. The monoisotopic (exact) mass is 283 g/mol. The van der Waals surface area contributed by atoms with E-state index in [1.807, 2.05) is 13.0 Å². The third-order valence-electron chi connectivity index (χ3n) is 3.58. The average molecular weight is 283 g/mol. The predicted octanol–water partition coefficient (Wildman–Crippen LogP) is 3.03. The van der Waals surface area contributed by atoms with E-state index >= 15 is 0 Å². The average Bonchev–Trinajstić information content (AvgIpc) is 2.76. The van der Waals surface area contributed by atoms with Crippen LogP contribution in [0.25, 0.3) is 11.0 Å². The smallest absolute Gasteiger partial charge is 0.123 e. The zero-order chi connectivity index (χ0) is 14.8. The standard InChI is InChI=1S/C17H18FN3/c1-12-5-6-16-15(9-12)20-17(7-8-19)21(16)11-13-3-2-4-14(18)10-13/h2-6,9-10H,7-8,11,19H2,1H3. The number of aryl methyl sites for hydroxylation is 1. The largest absolute Gasteiger partial charge is 0.330 e. The van der Waals surface area contributed by atoms with Crippen molar-refractivity contribution in [3.05, 3.63) is 65.2 Å². The van der Waals surface area contributed by atoms with Crippen LogP contribution in [0.4, 0.5) is 4.39 Å². The van der Waals surface area contributed by atoms with Gasteiger partial charge in [0.25, 0.3) is 0 Å². The number of nitrogens with zero attached hydrogens (tertiary/aromatic N) is 2. The number of benzene rings is 2. The molecule has 1 aromatic heterocycles. The van der Waals surface area contributed by atoms with Gasteiger partial charge in [-0.05, 0) is 48.9 Å². The number of imidazole rings is 1. The first kappa shape index (κ1) is 13.8. The molecule has 3 nitrogen and oxygen atoms in total. The van der Waals surface area contributed by atoms with Gasteiger partial charge in [0.15, 0.2) is 0 Å². The van der Waals surface area contributed by atoms with E-state index in [0.717, 1.165) is 22.4 Å². The van der Waals surface area contributed by atoms with E-state index < -0.39 is 0 Å². The minimum atomic E-state index is -0.215. The van der Waals surface area contributed by atoms with Crippen molar-refractivity contribution in [2.24, 2.45) is 5.73 Å². The van der Waals surface area contributed by atoms with E-state index in [1.165, 1.54) is 11.6 Å². The lowest BCUT2D eigenvalue weighted by Gasteiger charge is -2.09. The zero-order valence-corrected chi connectivity index (χ0v) is 12.0. The molecule has 0 unspecified atom stereocenters. The maximum absolute atomic E-state index is 13.4. The first-order valence-corrected chi connectivity index (χ1v) is 7.07. The van der Waals surface area contributed by atoms with Gasteiger partial charge >= 0.3 is 0 Å². The molecule has 108 valence electrons. The molecule has 0 bridgehead atoms. The summed E-state index contributed by atoms with van der Waals surface area (Å²) in [6.07, 6.45) is 0.711. The van der Waals surface area contributed by atoms with Crippen molar-refractivity contribution in [3.63, 3.8) is 0 Å². The maximum atomic E-state index is 13.4. The fraction of sp³-hybridized carbons (Fsp3) is 0.235. The van der Waals surface area contributed by atoms with Gasteiger partial charge in [-0.15, -0.1) is 0 Å². The molecule has 2 aromatic carbocycles. The Labute approximate surface area is 123 Å². The van der Waals surface area contributed by atoms with Crippen molar-refractivity contribution in [2.45, 2.75) is 19.9 Å². The number of fused-ring (bicyclic) bond motifs is 1. The Kier molecular flexibility index (Phi) is 3.71. The molecule has 0 aliphatic rings. The summed E-state index contributed by atoms with van der Waals surface area (Å²) in [4.78, 5) is 4.67. The van der Waals surface area contributed by atoms with E-state index in [1.54, 1.807) is 12.1 Å². The molecule has 0 aliphatic carbocycles. The van der Waals surface area contributed by atoms with Gasteiger partial charge in [-0.1, -0.05) is 18.2 Å². The van der Waals surface area contributed by atoms with Crippen LogP contribution in [0.1, 0.15) is 17.0 Å². The second kappa shape index (κ2) is 5.66. The normalized spacial score (nSPS) is 11.2.